The van der Waals surface area contributed by atoms with Crippen molar-refractivity contribution < 1.29 is 4.74 Å². The standard InChI is InChI=1S/C11H23NO/c1-4-10-11(13-10)8-6-5-7-9-12(2)3/h10-11H,4-9H2,1-3H3. The zero-order valence-corrected chi connectivity index (χ0v) is 9.25. The van der Waals surface area contributed by atoms with E-state index in [9.17, 15) is 0 Å². The van der Waals surface area contributed by atoms with Crippen LogP contribution in [0.2, 0.25) is 0 Å². The van der Waals surface area contributed by atoms with E-state index in [1.807, 2.05) is 0 Å². The average Bonchev–Trinajstić information content (AvgIpc) is 2.82. The Morgan fingerprint density at radius 1 is 1.08 bits per heavy atom. The van der Waals surface area contributed by atoms with Gasteiger partial charge in [0.2, 0.25) is 0 Å². The summed E-state index contributed by atoms with van der Waals surface area (Å²) in [5.74, 6) is 0. The lowest BCUT2D eigenvalue weighted by Crippen LogP contribution is -2.12. The number of rotatable bonds is 7. The van der Waals surface area contributed by atoms with Crippen molar-refractivity contribution in [2.45, 2.75) is 51.2 Å². The maximum absolute atomic E-state index is 5.48. The van der Waals surface area contributed by atoms with Gasteiger partial charge in [0.05, 0.1) is 12.2 Å². The van der Waals surface area contributed by atoms with Crippen LogP contribution in [-0.2, 0) is 4.74 Å². The Bertz CT molecular complexity index is 136. The highest BCUT2D eigenvalue weighted by Crippen LogP contribution is 2.29. The molecule has 1 heterocycles. The molecular formula is C11H23NO. The van der Waals surface area contributed by atoms with Gasteiger partial charge in [-0.1, -0.05) is 19.8 Å². The van der Waals surface area contributed by atoms with Gasteiger partial charge < -0.3 is 9.64 Å². The molecule has 1 aliphatic rings. The van der Waals surface area contributed by atoms with Gasteiger partial charge in [0.1, 0.15) is 0 Å². The smallest absolute Gasteiger partial charge is 0.0841 e. The molecule has 2 nitrogen and oxygen atoms in total. The fraction of sp³-hybridized carbons (Fsp3) is 1.00. The minimum absolute atomic E-state index is 0.605. The van der Waals surface area contributed by atoms with Gasteiger partial charge in [0.25, 0.3) is 0 Å². The van der Waals surface area contributed by atoms with E-state index in [-0.39, 0.29) is 0 Å². The molecule has 1 fully saturated rings. The lowest BCUT2D eigenvalue weighted by Gasteiger charge is -2.07. The Balaban J connectivity index is 1.80. The van der Waals surface area contributed by atoms with Gasteiger partial charge in [0.15, 0.2) is 0 Å². The molecule has 0 aromatic heterocycles. The number of nitrogens with zero attached hydrogens (tertiary/aromatic N) is 1. The van der Waals surface area contributed by atoms with Gasteiger partial charge in [-0.05, 0) is 39.9 Å². The number of epoxide rings is 1. The van der Waals surface area contributed by atoms with Crippen LogP contribution in [0.3, 0.4) is 0 Å². The van der Waals surface area contributed by atoms with E-state index in [0.717, 1.165) is 0 Å². The number of unbranched alkanes of at least 4 members (excludes halogenated alkanes) is 2. The first-order valence-corrected chi connectivity index (χ1v) is 5.54. The van der Waals surface area contributed by atoms with E-state index in [0.29, 0.717) is 12.2 Å². The van der Waals surface area contributed by atoms with E-state index in [1.165, 1.54) is 38.6 Å². The summed E-state index contributed by atoms with van der Waals surface area (Å²) in [7, 11) is 4.27. The number of ether oxygens (including phenoxy) is 1. The van der Waals surface area contributed by atoms with Gasteiger partial charge in [-0.2, -0.15) is 0 Å². The van der Waals surface area contributed by atoms with Crippen LogP contribution < -0.4 is 0 Å². The van der Waals surface area contributed by atoms with Crippen molar-refractivity contribution in [3.05, 3.63) is 0 Å². The number of hydrogen-bond acceptors (Lipinski definition) is 2. The Labute approximate surface area is 82.3 Å². The quantitative estimate of drug-likeness (QED) is 0.447. The maximum Gasteiger partial charge on any atom is 0.0841 e. The van der Waals surface area contributed by atoms with Gasteiger partial charge in [-0.3, -0.25) is 0 Å². The molecule has 0 bridgehead atoms. The Hall–Kier alpha value is -0.0800. The van der Waals surface area contributed by atoms with Crippen molar-refractivity contribution in [1.29, 1.82) is 0 Å². The highest BCUT2D eigenvalue weighted by Gasteiger charge is 2.35. The first-order valence-electron chi connectivity index (χ1n) is 5.54. The fourth-order valence-electron chi connectivity index (χ4n) is 1.74. The Morgan fingerprint density at radius 2 is 1.85 bits per heavy atom. The van der Waals surface area contributed by atoms with Crippen LogP contribution in [-0.4, -0.2) is 37.7 Å². The maximum atomic E-state index is 5.48. The van der Waals surface area contributed by atoms with Crippen LogP contribution in [0.1, 0.15) is 39.0 Å². The molecule has 0 aliphatic carbocycles. The third-order valence-electron chi connectivity index (χ3n) is 2.68. The molecule has 2 atom stereocenters. The van der Waals surface area contributed by atoms with Crippen LogP contribution in [0.5, 0.6) is 0 Å². The molecule has 0 spiro atoms. The second-order valence-corrected chi connectivity index (χ2v) is 4.27. The lowest BCUT2D eigenvalue weighted by molar-refractivity contribution is 0.350. The summed E-state index contributed by atoms with van der Waals surface area (Å²) in [4.78, 5) is 2.25. The monoisotopic (exact) mass is 185 g/mol. The molecular weight excluding hydrogens is 162 g/mol. The molecule has 2 heteroatoms. The summed E-state index contributed by atoms with van der Waals surface area (Å²) in [5, 5.41) is 0. The number of hydrogen-bond donors (Lipinski definition) is 0. The molecule has 0 N–H and O–H groups in total. The van der Waals surface area contributed by atoms with Crippen LogP contribution >= 0.6 is 0 Å². The van der Waals surface area contributed by atoms with Crippen molar-refractivity contribution in [3.8, 4) is 0 Å². The van der Waals surface area contributed by atoms with E-state index in [4.69, 9.17) is 4.74 Å². The van der Waals surface area contributed by atoms with Gasteiger partial charge >= 0.3 is 0 Å². The molecule has 0 amide bonds. The molecule has 0 radical (unpaired) electrons. The zero-order valence-electron chi connectivity index (χ0n) is 9.25. The van der Waals surface area contributed by atoms with Crippen molar-refractivity contribution >= 4 is 0 Å². The largest absolute Gasteiger partial charge is 0.370 e. The first kappa shape index (κ1) is 11.0. The first-order chi connectivity index (χ1) is 6.24. The molecule has 0 aromatic carbocycles. The summed E-state index contributed by atoms with van der Waals surface area (Å²) >= 11 is 0. The molecule has 0 saturated carbocycles. The topological polar surface area (TPSA) is 15.8 Å². The second-order valence-electron chi connectivity index (χ2n) is 4.27. The summed E-state index contributed by atoms with van der Waals surface area (Å²) in [5.41, 5.74) is 0. The lowest BCUT2D eigenvalue weighted by atomic mass is 10.1. The summed E-state index contributed by atoms with van der Waals surface area (Å²) in [6, 6.07) is 0. The molecule has 1 rings (SSSR count). The normalized spacial score (nSPS) is 26.8. The summed E-state index contributed by atoms with van der Waals surface area (Å²) in [6.07, 6.45) is 7.73. The van der Waals surface area contributed by atoms with Crippen molar-refractivity contribution in [2.24, 2.45) is 0 Å². The van der Waals surface area contributed by atoms with E-state index < -0.39 is 0 Å². The van der Waals surface area contributed by atoms with Crippen molar-refractivity contribution in [3.63, 3.8) is 0 Å². The highest BCUT2D eigenvalue weighted by molar-refractivity contribution is 4.82. The minimum atomic E-state index is 0.605. The molecule has 78 valence electrons. The fourth-order valence-corrected chi connectivity index (χ4v) is 1.74. The average molecular weight is 185 g/mol. The van der Waals surface area contributed by atoms with Gasteiger partial charge in [0, 0.05) is 0 Å². The predicted octanol–water partition coefficient (Wildman–Crippen LogP) is 2.29. The van der Waals surface area contributed by atoms with E-state index in [1.54, 1.807) is 0 Å². The van der Waals surface area contributed by atoms with Gasteiger partial charge in [-0.15, -0.1) is 0 Å². The predicted molar refractivity (Wildman–Crippen MR) is 56.0 cm³/mol. The van der Waals surface area contributed by atoms with Crippen molar-refractivity contribution in [2.75, 3.05) is 20.6 Å². The van der Waals surface area contributed by atoms with Crippen LogP contribution in [0.15, 0.2) is 0 Å². The van der Waals surface area contributed by atoms with Crippen LogP contribution in [0.4, 0.5) is 0 Å². The highest BCUT2D eigenvalue weighted by atomic mass is 16.6. The van der Waals surface area contributed by atoms with Gasteiger partial charge in [-0.25, -0.2) is 0 Å². The Morgan fingerprint density at radius 3 is 2.38 bits per heavy atom. The van der Waals surface area contributed by atoms with E-state index >= 15 is 0 Å². The van der Waals surface area contributed by atoms with Crippen LogP contribution in [0.25, 0.3) is 0 Å². The van der Waals surface area contributed by atoms with Crippen LogP contribution in [0, 0.1) is 0 Å². The Kier molecular flexibility index (Phi) is 4.74. The molecule has 1 aliphatic heterocycles. The van der Waals surface area contributed by atoms with E-state index in [2.05, 4.69) is 25.9 Å². The molecule has 2 unspecified atom stereocenters. The minimum Gasteiger partial charge on any atom is -0.370 e. The third-order valence-corrected chi connectivity index (χ3v) is 2.68. The van der Waals surface area contributed by atoms with Crippen molar-refractivity contribution in [1.82, 2.24) is 4.90 Å². The summed E-state index contributed by atoms with van der Waals surface area (Å²) in [6.45, 7) is 3.43. The zero-order chi connectivity index (χ0) is 9.68. The molecule has 1 saturated heterocycles. The molecule has 0 aromatic rings. The second kappa shape index (κ2) is 5.61. The molecule has 13 heavy (non-hydrogen) atoms. The third kappa shape index (κ3) is 4.63. The summed E-state index contributed by atoms with van der Waals surface area (Å²) < 4.78 is 5.48. The SMILES string of the molecule is CCC1OC1CCCCCN(C)C.